The lowest BCUT2D eigenvalue weighted by Gasteiger charge is -2.11. The van der Waals surface area contributed by atoms with E-state index in [2.05, 4.69) is 18.0 Å². The van der Waals surface area contributed by atoms with Gasteiger partial charge in [-0.3, -0.25) is 9.48 Å². The molecule has 3 aromatic rings. The fraction of sp³-hybridized carbons (Fsp3) is 0.174. The summed E-state index contributed by atoms with van der Waals surface area (Å²) in [5.41, 5.74) is 5.28. The van der Waals surface area contributed by atoms with E-state index < -0.39 is 0 Å². The summed E-state index contributed by atoms with van der Waals surface area (Å²) < 4.78 is 1.90. The molecule has 7 heteroatoms. The Morgan fingerprint density at radius 1 is 1.27 bits per heavy atom. The summed E-state index contributed by atoms with van der Waals surface area (Å²) in [6.45, 7) is 6.41. The number of carbonyl (C=O) groups is 1. The molecule has 0 saturated heterocycles. The van der Waals surface area contributed by atoms with Crippen molar-refractivity contribution in [2.75, 3.05) is 7.05 Å². The fourth-order valence-electron chi connectivity index (χ4n) is 3.38. The Kier molecular flexibility index (Phi) is 6.61. The molecule has 0 aliphatic carbocycles. The number of amides is 1. The van der Waals surface area contributed by atoms with E-state index in [1.54, 1.807) is 37.4 Å². The van der Waals surface area contributed by atoms with Crippen molar-refractivity contribution in [1.29, 1.82) is 5.26 Å². The third-order valence-electron chi connectivity index (χ3n) is 4.83. The highest BCUT2D eigenvalue weighted by Gasteiger charge is 2.18. The quantitative estimate of drug-likeness (QED) is 0.564. The maximum atomic E-state index is 12.1. The smallest absolute Gasteiger partial charge is 0.252 e. The van der Waals surface area contributed by atoms with Crippen molar-refractivity contribution in [3.05, 3.63) is 81.1 Å². The van der Waals surface area contributed by atoms with Crippen molar-refractivity contribution in [1.82, 2.24) is 15.1 Å². The molecule has 0 unspecified atom stereocenters. The molecule has 152 valence electrons. The first kappa shape index (κ1) is 21.6. The van der Waals surface area contributed by atoms with Gasteiger partial charge in [-0.2, -0.15) is 10.4 Å². The van der Waals surface area contributed by atoms with Crippen molar-refractivity contribution in [2.45, 2.75) is 19.9 Å². The highest BCUT2D eigenvalue weighted by atomic mass is 35.5. The topological polar surface area (TPSA) is 70.7 Å². The van der Waals surface area contributed by atoms with Crippen LogP contribution in [0.2, 0.25) is 10.0 Å². The van der Waals surface area contributed by atoms with Gasteiger partial charge in [0.2, 0.25) is 0 Å². The number of nitrogens with one attached hydrogen (secondary N) is 1. The minimum absolute atomic E-state index is 0.238. The van der Waals surface area contributed by atoms with E-state index in [9.17, 15) is 4.79 Å². The summed E-state index contributed by atoms with van der Waals surface area (Å²) in [5.74, 6) is -0.238. The molecular formula is C23H20Cl2N4O. The van der Waals surface area contributed by atoms with Crippen LogP contribution in [0.4, 0.5) is 0 Å². The van der Waals surface area contributed by atoms with Crippen molar-refractivity contribution in [3.63, 3.8) is 0 Å². The molecule has 30 heavy (non-hydrogen) atoms. The van der Waals surface area contributed by atoms with E-state index in [-0.39, 0.29) is 5.91 Å². The zero-order valence-corrected chi connectivity index (χ0v) is 18.2. The molecular weight excluding hydrogens is 419 g/mol. The first-order chi connectivity index (χ1) is 14.4. The summed E-state index contributed by atoms with van der Waals surface area (Å²) in [6, 6.07) is 12.8. The summed E-state index contributed by atoms with van der Waals surface area (Å²) in [5, 5.41) is 17.3. The first-order valence-corrected chi connectivity index (χ1v) is 10.1. The average molecular weight is 439 g/mol. The van der Waals surface area contributed by atoms with Gasteiger partial charge >= 0.3 is 0 Å². The lowest BCUT2D eigenvalue weighted by molar-refractivity contribution is 0.0963. The van der Waals surface area contributed by atoms with Gasteiger partial charge in [-0.05, 0) is 47.9 Å². The minimum atomic E-state index is -0.238. The molecule has 1 heterocycles. The van der Waals surface area contributed by atoms with Crippen LogP contribution in [-0.4, -0.2) is 22.7 Å². The number of aromatic nitrogens is 2. The zero-order chi connectivity index (χ0) is 21.8. The summed E-state index contributed by atoms with van der Waals surface area (Å²) >= 11 is 12.4. The van der Waals surface area contributed by atoms with Crippen molar-refractivity contribution in [3.8, 4) is 17.2 Å². The second-order valence-corrected chi connectivity index (χ2v) is 7.44. The molecule has 0 atom stereocenters. The van der Waals surface area contributed by atoms with Gasteiger partial charge in [0.1, 0.15) is 6.07 Å². The molecule has 0 aliphatic heterocycles. The van der Waals surface area contributed by atoms with Crippen LogP contribution in [-0.2, 0) is 13.0 Å². The summed E-state index contributed by atoms with van der Waals surface area (Å²) in [6.07, 6.45) is 2.43. The SMILES string of the molecule is C=Cc1nn(Cc2ccc(Cl)c(C(=O)NC)c2)c(CC)c1-c1ccc(C#N)c(Cl)c1. The molecule has 2 aromatic carbocycles. The Hall–Kier alpha value is -3.07. The van der Waals surface area contributed by atoms with E-state index >= 15 is 0 Å². The van der Waals surface area contributed by atoms with Crippen LogP contribution >= 0.6 is 23.2 Å². The Bertz CT molecular complexity index is 1170. The molecule has 1 aromatic heterocycles. The van der Waals surface area contributed by atoms with E-state index in [1.807, 2.05) is 23.7 Å². The second kappa shape index (κ2) is 9.17. The van der Waals surface area contributed by atoms with Gasteiger partial charge in [-0.1, -0.05) is 48.8 Å². The predicted octanol–water partition coefficient (Wildman–Crippen LogP) is 5.34. The second-order valence-electron chi connectivity index (χ2n) is 6.62. The Morgan fingerprint density at radius 3 is 2.63 bits per heavy atom. The van der Waals surface area contributed by atoms with Gasteiger partial charge in [-0.25, -0.2) is 0 Å². The van der Waals surface area contributed by atoms with E-state index in [0.717, 1.165) is 34.5 Å². The van der Waals surface area contributed by atoms with E-state index in [4.69, 9.17) is 33.6 Å². The first-order valence-electron chi connectivity index (χ1n) is 9.36. The zero-order valence-electron chi connectivity index (χ0n) is 16.7. The molecule has 0 radical (unpaired) electrons. The highest BCUT2D eigenvalue weighted by Crippen LogP contribution is 2.32. The van der Waals surface area contributed by atoms with Crippen LogP contribution in [0.3, 0.4) is 0 Å². The molecule has 0 bridgehead atoms. The molecule has 5 nitrogen and oxygen atoms in total. The molecule has 1 N–H and O–H groups in total. The van der Waals surface area contributed by atoms with Crippen LogP contribution in [0.5, 0.6) is 0 Å². The Morgan fingerprint density at radius 2 is 2.03 bits per heavy atom. The number of hydrogen-bond donors (Lipinski definition) is 1. The third-order valence-corrected chi connectivity index (χ3v) is 5.47. The number of nitriles is 1. The third kappa shape index (κ3) is 4.11. The molecule has 0 saturated carbocycles. The monoisotopic (exact) mass is 438 g/mol. The van der Waals surface area contributed by atoms with Gasteiger partial charge in [0.15, 0.2) is 0 Å². The number of nitrogens with zero attached hydrogens (tertiary/aromatic N) is 3. The number of rotatable bonds is 6. The number of benzene rings is 2. The summed E-state index contributed by atoms with van der Waals surface area (Å²) in [4.78, 5) is 12.1. The Balaban J connectivity index is 2.08. The van der Waals surface area contributed by atoms with Gasteiger partial charge < -0.3 is 5.32 Å². The number of carbonyl (C=O) groups excluding carboxylic acids is 1. The van der Waals surface area contributed by atoms with Crippen molar-refractivity contribution < 1.29 is 4.79 Å². The largest absolute Gasteiger partial charge is 0.355 e. The standard InChI is InChI=1S/C23H20Cl2N4O/c1-4-20-22(15-7-8-16(12-26)19(25)11-15)21(5-2)29(28-20)13-14-6-9-18(24)17(10-14)23(30)27-3/h4,6-11H,1,5,13H2,2-3H3,(H,27,30). The van der Waals surface area contributed by atoms with Gasteiger partial charge in [0.25, 0.3) is 5.91 Å². The van der Waals surface area contributed by atoms with Gasteiger partial charge in [-0.15, -0.1) is 0 Å². The van der Waals surface area contributed by atoms with Crippen LogP contribution in [0.15, 0.2) is 43.0 Å². The van der Waals surface area contributed by atoms with E-state index in [0.29, 0.717) is 27.7 Å². The maximum absolute atomic E-state index is 12.1. The van der Waals surface area contributed by atoms with Crippen molar-refractivity contribution >= 4 is 35.2 Å². The Labute approximate surface area is 185 Å². The lowest BCUT2D eigenvalue weighted by atomic mass is 10.00. The molecule has 0 spiro atoms. The number of hydrogen-bond acceptors (Lipinski definition) is 3. The number of halogens is 2. The predicted molar refractivity (Wildman–Crippen MR) is 121 cm³/mol. The molecule has 3 rings (SSSR count). The van der Waals surface area contributed by atoms with Gasteiger partial charge in [0.05, 0.1) is 33.4 Å². The molecule has 0 aliphatic rings. The van der Waals surface area contributed by atoms with Gasteiger partial charge in [0, 0.05) is 18.3 Å². The average Bonchev–Trinajstić information content (AvgIpc) is 3.11. The summed E-state index contributed by atoms with van der Waals surface area (Å²) in [7, 11) is 1.57. The molecule has 0 fully saturated rings. The van der Waals surface area contributed by atoms with Crippen LogP contribution in [0, 0.1) is 11.3 Å². The van der Waals surface area contributed by atoms with Crippen LogP contribution in [0.1, 0.15) is 39.8 Å². The lowest BCUT2D eigenvalue weighted by Crippen LogP contribution is -2.18. The highest BCUT2D eigenvalue weighted by molar-refractivity contribution is 6.33. The fourth-order valence-corrected chi connectivity index (χ4v) is 3.80. The van der Waals surface area contributed by atoms with E-state index in [1.165, 1.54) is 0 Å². The van der Waals surface area contributed by atoms with Crippen LogP contribution < -0.4 is 5.32 Å². The normalized spacial score (nSPS) is 10.5. The maximum Gasteiger partial charge on any atom is 0.252 e. The molecule has 1 amide bonds. The minimum Gasteiger partial charge on any atom is -0.355 e. The van der Waals surface area contributed by atoms with Crippen molar-refractivity contribution in [2.24, 2.45) is 0 Å². The van der Waals surface area contributed by atoms with Crippen LogP contribution in [0.25, 0.3) is 17.2 Å².